The molecule has 1 saturated heterocycles. The van der Waals surface area contributed by atoms with E-state index in [4.69, 9.17) is 4.74 Å². The van der Waals surface area contributed by atoms with Gasteiger partial charge in [0.15, 0.2) is 0 Å². The molecule has 0 unspecified atom stereocenters. The number of hydrogen-bond acceptors (Lipinski definition) is 4. The summed E-state index contributed by atoms with van der Waals surface area (Å²) in [4.78, 5) is 11.1. The lowest BCUT2D eigenvalue weighted by Gasteiger charge is -2.18. The molecule has 1 atom stereocenters. The number of benzene rings is 1. The molecule has 2 heterocycles. The largest absolute Gasteiger partial charge is 0.489 e. The summed E-state index contributed by atoms with van der Waals surface area (Å²) in [7, 11) is -2.53. The lowest BCUT2D eigenvalue weighted by Crippen LogP contribution is -2.32. The molecule has 0 bridgehead atoms. The third kappa shape index (κ3) is 3.49. The Morgan fingerprint density at radius 1 is 1.19 bits per heavy atom. The van der Waals surface area contributed by atoms with E-state index in [0.29, 0.717) is 23.9 Å². The average molecular weight is 384 g/mol. The van der Waals surface area contributed by atoms with Crippen molar-refractivity contribution in [1.29, 1.82) is 0 Å². The van der Waals surface area contributed by atoms with Crippen molar-refractivity contribution in [2.45, 2.75) is 24.3 Å². The fourth-order valence-corrected chi connectivity index (χ4v) is 4.39. The van der Waals surface area contributed by atoms with Gasteiger partial charge in [-0.25, -0.2) is 17.2 Å². The Kier molecular flexibility index (Phi) is 4.85. The molecule has 0 saturated carbocycles. The molecule has 1 aliphatic heterocycles. The highest BCUT2D eigenvalue weighted by atomic mass is 32.2. The SMILES string of the molecule is Cc1cc(O[C@@H]2CCN(S(=O)(=O)c3cc(F)ccc3F)C2)cc(=O)n1C. The molecule has 26 heavy (non-hydrogen) atoms. The summed E-state index contributed by atoms with van der Waals surface area (Å²) in [5.74, 6) is -1.47. The van der Waals surface area contributed by atoms with Crippen LogP contribution in [0, 0.1) is 18.6 Å². The maximum Gasteiger partial charge on any atom is 0.254 e. The molecule has 1 aromatic heterocycles. The first-order chi connectivity index (χ1) is 12.2. The highest BCUT2D eigenvalue weighted by Gasteiger charge is 2.35. The Morgan fingerprint density at radius 2 is 1.92 bits per heavy atom. The molecule has 9 heteroatoms. The van der Waals surface area contributed by atoms with E-state index in [1.54, 1.807) is 20.0 Å². The molecule has 6 nitrogen and oxygen atoms in total. The normalized spacial score (nSPS) is 18.2. The lowest BCUT2D eigenvalue weighted by atomic mass is 10.3. The number of pyridine rings is 1. The van der Waals surface area contributed by atoms with Gasteiger partial charge in [0, 0.05) is 25.4 Å². The predicted molar refractivity (Wildman–Crippen MR) is 90.6 cm³/mol. The lowest BCUT2D eigenvalue weighted by molar-refractivity contribution is 0.214. The molecule has 0 amide bonds. The third-order valence-corrected chi connectivity index (χ3v) is 6.28. The zero-order chi connectivity index (χ0) is 19.1. The van der Waals surface area contributed by atoms with Crippen LogP contribution in [0.4, 0.5) is 8.78 Å². The minimum Gasteiger partial charge on any atom is -0.489 e. The van der Waals surface area contributed by atoms with E-state index in [1.807, 2.05) is 0 Å². The van der Waals surface area contributed by atoms with Crippen LogP contribution in [-0.4, -0.2) is 36.5 Å². The Hall–Kier alpha value is -2.26. The van der Waals surface area contributed by atoms with Crippen molar-refractivity contribution >= 4 is 10.0 Å². The van der Waals surface area contributed by atoms with Gasteiger partial charge in [0.25, 0.3) is 5.56 Å². The molecule has 0 aliphatic carbocycles. The first-order valence-corrected chi connectivity index (χ1v) is 9.42. The molecular formula is C17H18F2N2O4S. The van der Waals surface area contributed by atoms with Crippen molar-refractivity contribution in [1.82, 2.24) is 8.87 Å². The molecular weight excluding hydrogens is 366 g/mol. The van der Waals surface area contributed by atoms with E-state index in [0.717, 1.165) is 16.4 Å². The molecule has 1 aliphatic rings. The van der Waals surface area contributed by atoms with Crippen molar-refractivity contribution in [2.24, 2.45) is 7.05 Å². The van der Waals surface area contributed by atoms with Gasteiger partial charge in [0.2, 0.25) is 10.0 Å². The van der Waals surface area contributed by atoms with Crippen LogP contribution in [0.1, 0.15) is 12.1 Å². The van der Waals surface area contributed by atoms with Gasteiger partial charge in [-0.2, -0.15) is 4.31 Å². The van der Waals surface area contributed by atoms with Crippen molar-refractivity contribution in [2.75, 3.05) is 13.1 Å². The molecule has 140 valence electrons. The van der Waals surface area contributed by atoms with E-state index in [-0.39, 0.29) is 18.6 Å². The monoisotopic (exact) mass is 384 g/mol. The van der Waals surface area contributed by atoms with Crippen molar-refractivity contribution in [3.8, 4) is 5.75 Å². The van der Waals surface area contributed by atoms with Crippen LogP contribution in [0.5, 0.6) is 5.75 Å². The Balaban J connectivity index is 1.78. The zero-order valence-corrected chi connectivity index (χ0v) is 15.1. The Labute approximate surface area is 149 Å². The highest BCUT2D eigenvalue weighted by molar-refractivity contribution is 7.89. The number of hydrogen-bond donors (Lipinski definition) is 0. The summed E-state index contributed by atoms with van der Waals surface area (Å²) < 4.78 is 60.6. The number of ether oxygens (including phenoxy) is 1. The molecule has 1 fully saturated rings. The van der Waals surface area contributed by atoms with Crippen LogP contribution < -0.4 is 10.3 Å². The number of aromatic nitrogens is 1. The quantitative estimate of drug-likeness (QED) is 0.806. The summed E-state index contributed by atoms with van der Waals surface area (Å²) in [6, 6.07) is 5.33. The van der Waals surface area contributed by atoms with Crippen LogP contribution in [-0.2, 0) is 17.1 Å². The maximum atomic E-state index is 13.8. The average Bonchev–Trinajstić information content (AvgIpc) is 3.04. The summed E-state index contributed by atoms with van der Waals surface area (Å²) in [5, 5.41) is 0. The van der Waals surface area contributed by atoms with Crippen LogP contribution >= 0.6 is 0 Å². The number of halogens is 2. The smallest absolute Gasteiger partial charge is 0.254 e. The van der Waals surface area contributed by atoms with Crippen LogP contribution in [0.15, 0.2) is 40.0 Å². The summed E-state index contributed by atoms with van der Waals surface area (Å²) >= 11 is 0. The number of rotatable bonds is 4. The highest BCUT2D eigenvalue weighted by Crippen LogP contribution is 2.26. The standard InChI is InChI=1S/C17H18F2N2O4S/c1-11-7-14(9-17(22)20(11)2)25-13-5-6-21(10-13)26(23,24)16-8-12(18)3-4-15(16)19/h3-4,7-9,13H,5-6,10H2,1-2H3/t13-/m1/s1. The van der Waals surface area contributed by atoms with E-state index >= 15 is 0 Å². The molecule has 0 N–H and O–H groups in total. The Bertz CT molecular complexity index is 1000. The minimum atomic E-state index is -4.17. The second-order valence-corrected chi connectivity index (χ2v) is 8.10. The molecule has 1 aromatic carbocycles. The second kappa shape index (κ2) is 6.81. The first-order valence-electron chi connectivity index (χ1n) is 7.98. The second-order valence-electron chi connectivity index (χ2n) is 6.20. The maximum absolute atomic E-state index is 13.8. The first kappa shape index (κ1) is 18.5. The van der Waals surface area contributed by atoms with E-state index in [1.165, 1.54) is 10.6 Å². The van der Waals surface area contributed by atoms with Crippen molar-refractivity contribution in [3.63, 3.8) is 0 Å². The van der Waals surface area contributed by atoms with Gasteiger partial charge in [0.1, 0.15) is 28.4 Å². The van der Waals surface area contributed by atoms with Crippen LogP contribution in [0.25, 0.3) is 0 Å². The van der Waals surface area contributed by atoms with Gasteiger partial charge in [-0.05, 0) is 37.6 Å². The zero-order valence-electron chi connectivity index (χ0n) is 14.3. The van der Waals surface area contributed by atoms with Crippen molar-refractivity contribution < 1.29 is 21.9 Å². The van der Waals surface area contributed by atoms with E-state index in [2.05, 4.69) is 0 Å². The topological polar surface area (TPSA) is 68.6 Å². The summed E-state index contributed by atoms with van der Waals surface area (Å²) in [5.41, 5.74) is 0.473. The van der Waals surface area contributed by atoms with E-state index < -0.39 is 32.7 Å². The predicted octanol–water partition coefficient (Wildman–Crippen LogP) is 1.81. The summed E-state index contributed by atoms with van der Waals surface area (Å²) in [6.07, 6.45) is -0.0994. The number of nitrogens with zero attached hydrogens (tertiary/aromatic N) is 2. The van der Waals surface area contributed by atoms with Crippen LogP contribution in [0.3, 0.4) is 0 Å². The van der Waals surface area contributed by atoms with E-state index in [9.17, 15) is 22.0 Å². The van der Waals surface area contributed by atoms with Gasteiger partial charge < -0.3 is 9.30 Å². The molecule has 0 spiro atoms. The Morgan fingerprint density at radius 3 is 2.62 bits per heavy atom. The molecule has 2 aromatic rings. The van der Waals surface area contributed by atoms with Crippen molar-refractivity contribution in [3.05, 3.63) is 58.0 Å². The third-order valence-electron chi connectivity index (χ3n) is 4.40. The van der Waals surface area contributed by atoms with Crippen LogP contribution in [0.2, 0.25) is 0 Å². The van der Waals surface area contributed by atoms with Gasteiger partial charge in [-0.15, -0.1) is 0 Å². The molecule has 3 rings (SSSR count). The molecule has 0 radical (unpaired) electrons. The fourth-order valence-electron chi connectivity index (χ4n) is 2.82. The summed E-state index contributed by atoms with van der Waals surface area (Å²) in [6.45, 7) is 1.87. The van der Waals surface area contributed by atoms with Gasteiger partial charge in [-0.1, -0.05) is 0 Å². The van der Waals surface area contributed by atoms with Gasteiger partial charge >= 0.3 is 0 Å². The minimum absolute atomic E-state index is 0.00740. The fraction of sp³-hybridized carbons (Fsp3) is 0.353. The van der Waals surface area contributed by atoms with Gasteiger partial charge in [-0.3, -0.25) is 4.79 Å². The number of aryl methyl sites for hydroxylation is 1. The van der Waals surface area contributed by atoms with Gasteiger partial charge in [0.05, 0.1) is 6.54 Å². The number of sulfonamides is 1.